The molecule has 1 fully saturated rings. The Kier molecular flexibility index (Phi) is 5.29. The number of nitrogens with one attached hydrogen (secondary N) is 1. The second-order valence-corrected chi connectivity index (χ2v) is 7.62. The molecule has 2 aromatic carbocycles. The molecule has 4 rings (SSSR count). The molecule has 1 atom stereocenters. The quantitative estimate of drug-likeness (QED) is 0.852. The van der Waals surface area contributed by atoms with E-state index in [1.807, 2.05) is 48.5 Å². The lowest BCUT2D eigenvalue weighted by molar-refractivity contribution is -0.132. The van der Waals surface area contributed by atoms with E-state index in [1.54, 1.807) is 4.90 Å². The fraction of sp³-hybridized carbons (Fsp3) is 0.333. The molecule has 28 heavy (non-hydrogen) atoms. The van der Waals surface area contributed by atoms with E-state index in [4.69, 9.17) is 0 Å². The highest BCUT2D eigenvalue weighted by atomic mass is 16.2. The minimum absolute atomic E-state index is 0.0582. The number of hydrogen-bond acceptors (Lipinski definition) is 2. The number of hydrogen-bond donors (Lipinski definition) is 1. The van der Waals surface area contributed by atoms with Gasteiger partial charge in [-0.15, -0.1) is 0 Å². The maximum absolute atomic E-state index is 13.3. The van der Waals surface area contributed by atoms with Crippen molar-refractivity contribution in [1.82, 2.24) is 5.32 Å². The summed E-state index contributed by atoms with van der Waals surface area (Å²) in [5.74, 6) is 0.134. The molecule has 1 heterocycles. The molecule has 0 saturated carbocycles. The Balaban J connectivity index is 1.55. The van der Waals surface area contributed by atoms with Gasteiger partial charge in [0, 0.05) is 24.4 Å². The van der Waals surface area contributed by atoms with Crippen LogP contribution in [0.1, 0.15) is 37.7 Å². The van der Waals surface area contributed by atoms with Gasteiger partial charge in [-0.3, -0.25) is 14.5 Å². The summed E-state index contributed by atoms with van der Waals surface area (Å²) in [6.07, 6.45) is 6.59. The van der Waals surface area contributed by atoms with E-state index in [1.165, 1.54) is 5.56 Å². The average molecular weight is 374 g/mol. The molecular formula is C24H26N2O2. The zero-order valence-electron chi connectivity index (χ0n) is 16.1. The number of allylic oxidation sites excluding steroid dienone is 1. The maximum Gasteiger partial charge on any atom is 0.232 e. The van der Waals surface area contributed by atoms with Crippen LogP contribution in [-0.2, 0) is 16.0 Å². The molecule has 1 saturated heterocycles. The van der Waals surface area contributed by atoms with Crippen molar-refractivity contribution >= 4 is 17.5 Å². The van der Waals surface area contributed by atoms with Crippen molar-refractivity contribution < 1.29 is 9.59 Å². The predicted octanol–water partition coefficient (Wildman–Crippen LogP) is 4.23. The van der Waals surface area contributed by atoms with Gasteiger partial charge >= 0.3 is 0 Å². The third-order valence-electron chi connectivity index (χ3n) is 5.88. The molecular weight excluding hydrogens is 348 g/mol. The molecule has 2 amide bonds. The van der Waals surface area contributed by atoms with E-state index >= 15 is 0 Å². The first-order valence-electron chi connectivity index (χ1n) is 10.1. The lowest BCUT2D eigenvalue weighted by atomic mass is 9.69. The van der Waals surface area contributed by atoms with Crippen LogP contribution in [-0.4, -0.2) is 18.4 Å². The molecule has 0 aromatic heterocycles. The molecule has 0 radical (unpaired) electrons. The first kappa shape index (κ1) is 18.5. The van der Waals surface area contributed by atoms with Gasteiger partial charge in [-0.2, -0.15) is 0 Å². The van der Waals surface area contributed by atoms with Gasteiger partial charge in [0.05, 0.1) is 5.41 Å². The fourth-order valence-corrected chi connectivity index (χ4v) is 4.43. The summed E-state index contributed by atoms with van der Waals surface area (Å²) in [6, 6.07) is 19.9. The number of amides is 2. The van der Waals surface area contributed by atoms with E-state index in [-0.39, 0.29) is 11.8 Å². The van der Waals surface area contributed by atoms with E-state index in [9.17, 15) is 9.59 Å². The largest absolute Gasteiger partial charge is 0.355 e. The van der Waals surface area contributed by atoms with Gasteiger partial charge in [0.1, 0.15) is 0 Å². The van der Waals surface area contributed by atoms with Gasteiger partial charge in [-0.1, -0.05) is 54.6 Å². The van der Waals surface area contributed by atoms with E-state index < -0.39 is 5.41 Å². The van der Waals surface area contributed by atoms with Gasteiger partial charge in [0.25, 0.3) is 0 Å². The Morgan fingerprint density at radius 2 is 1.71 bits per heavy atom. The third kappa shape index (κ3) is 3.47. The second kappa shape index (κ2) is 8.01. The van der Waals surface area contributed by atoms with Gasteiger partial charge in [-0.05, 0) is 49.8 Å². The number of fused-ring (bicyclic) bond motifs is 1. The van der Waals surface area contributed by atoms with Crippen LogP contribution in [0.2, 0.25) is 0 Å². The average Bonchev–Trinajstić information content (AvgIpc) is 2.75. The summed E-state index contributed by atoms with van der Waals surface area (Å²) in [5, 5.41) is 3.16. The van der Waals surface area contributed by atoms with Gasteiger partial charge < -0.3 is 5.32 Å². The first-order chi connectivity index (χ1) is 13.7. The van der Waals surface area contributed by atoms with Crippen molar-refractivity contribution in [3.05, 3.63) is 78.0 Å². The number of rotatable bonds is 5. The van der Waals surface area contributed by atoms with Crippen LogP contribution in [0.3, 0.4) is 0 Å². The van der Waals surface area contributed by atoms with Gasteiger partial charge in [0.15, 0.2) is 0 Å². The summed E-state index contributed by atoms with van der Waals surface area (Å²) in [6.45, 7) is 0.608. The Bertz CT molecular complexity index is 876. The SMILES string of the molecule is O=C1CCC2(C(=O)NCCc3ccccc3)CCCC=C2N1c1ccccc1. The molecule has 144 valence electrons. The highest BCUT2D eigenvalue weighted by Gasteiger charge is 2.49. The standard InChI is InChI=1S/C24H26N2O2/c27-22-14-17-24(23(28)25-18-15-19-9-3-1-4-10-19)16-8-7-13-21(24)26(22)20-11-5-2-6-12-20/h1-6,9-13H,7-8,14-18H2,(H,25,28). The van der Waals surface area contributed by atoms with Crippen molar-refractivity contribution in [3.63, 3.8) is 0 Å². The predicted molar refractivity (Wildman–Crippen MR) is 111 cm³/mol. The Labute approximate surface area is 166 Å². The maximum atomic E-state index is 13.3. The summed E-state index contributed by atoms with van der Waals surface area (Å²) in [5.41, 5.74) is 2.34. The molecule has 0 bridgehead atoms. The zero-order valence-corrected chi connectivity index (χ0v) is 16.1. The number of para-hydroxylation sites is 1. The number of nitrogens with zero attached hydrogens (tertiary/aromatic N) is 1. The van der Waals surface area contributed by atoms with Crippen LogP contribution in [0.25, 0.3) is 0 Å². The van der Waals surface area contributed by atoms with Gasteiger partial charge in [-0.25, -0.2) is 0 Å². The smallest absolute Gasteiger partial charge is 0.232 e. The fourth-order valence-electron chi connectivity index (χ4n) is 4.43. The number of carbonyl (C=O) groups is 2. The molecule has 1 N–H and O–H groups in total. The normalized spacial score (nSPS) is 21.6. The Hall–Kier alpha value is -2.88. The van der Waals surface area contributed by atoms with Crippen molar-refractivity contribution in [2.24, 2.45) is 5.41 Å². The molecule has 0 spiro atoms. The summed E-state index contributed by atoms with van der Waals surface area (Å²) in [7, 11) is 0. The van der Waals surface area contributed by atoms with E-state index in [0.29, 0.717) is 19.4 Å². The van der Waals surface area contributed by atoms with Gasteiger partial charge in [0.2, 0.25) is 11.8 Å². The third-order valence-corrected chi connectivity index (χ3v) is 5.88. The lowest BCUT2D eigenvalue weighted by Crippen LogP contribution is -2.53. The molecule has 2 aliphatic rings. The monoisotopic (exact) mass is 374 g/mol. The number of piperidine rings is 1. The molecule has 1 aliphatic heterocycles. The summed E-state index contributed by atoms with van der Waals surface area (Å²) >= 11 is 0. The molecule has 2 aromatic rings. The first-order valence-corrected chi connectivity index (χ1v) is 10.1. The Morgan fingerprint density at radius 3 is 2.46 bits per heavy atom. The molecule has 1 aliphatic carbocycles. The van der Waals surface area contributed by atoms with E-state index in [0.717, 1.165) is 37.1 Å². The number of benzene rings is 2. The van der Waals surface area contributed by atoms with Crippen LogP contribution in [0.15, 0.2) is 72.4 Å². The van der Waals surface area contributed by atoms with Crippen LogP contribution in [0.4, 0.5) is 5.69 Å². The summed E-state index contributed by atoms with van der Waals surface area (Å²) < 4.78 is 0. The molecule has 1 unspecified atom stereocenters. The van der Waals surface area contributed by atoms with Crippen LogP contribution >= 0.6 is 0 Å². The van der Waals surface area contributed by atoms with Crippen molar-refractivity contribution in [2.75, 3.05) is 11.4 Å². The number of carbonyl (C=O) groups excluding carboxylic acids is 2. The topological polar surface area (TPSA) is 49.4 Å². The minimum Gasteiger partial charge on any atom is -0.355 e. The Morgan fingerprint density at radius 1 is 1.00 bits per heavy atom. The second-order valence-electron chi connectivity index (χ2n) is 7.62. The molecule has 4 heteroatoms. The highest BCUT2D eigenvalue weighted by molar-refractivity contribution is 6.02. The van der Waals surface area contributed by atoms with Crippen molar-refractivity contribution in [1.29, 1.82) is 0 Å². The van der Waals surface area contributed by atoms with Crippen LogP contribution in [0.5, 0.6) is 0 Å². The van der Waals surface area contributed by atoms with Crippen LogP contribution < -0.4 is 10.2 Å². The summed E-state index contributed by atoms with van der Waals surface area (Å²) in [4.78, 5) is 27.9. The van der Waals surface area contributed by atoms with E-state index in [2.05, 4.69) is 23.5 Å². The number of anilines is 1. The van der Waals surface area contributed by atoms with Crippen molar-refractivity contribution in [2.45, 2.75) is 38.5 Å². The lowest BCUT2D eigenvalue weighted by Gasteiger charge is -2.45. The zero-order chi connectivity index (χ0) is 19.4. The molecule has 4 nitrogen and oxygen atoms in total. The highest BCUT2D eigenvalue weighted by Crippen LogP contribution is 2.48. The minimum atomic E-state index is -0.599. The van der Waals surface area contributed by atoms with Crippen molar-refractivity contribution in [3.8, 4) is 0 Å². The van der Waals surface area contributed by atoms with Crippen LogP contribution in [0, 0.1) is 5.41 Å².